The normalized spacial score (nSPS) is 12.0. The minimum atomic E-state index is -0.390. The molecule has 1 aromatic carbocycles. The van der Waals surface area contributed by atoms with E-state index in [0.29, 0.717) is 39.1 Å². The van der Waals surface area contributed by atoms with Gasteiger partial charge in [0.2, 0.25) is 5.91 Å². The van der Waals surface area contributed by atoms with Gasteiger partial charge in [0, 0.05) is 12.1 Å². The molecule has 1 N–H and O–H groups in total. The summed E-state index contributed by atoms with van der Waals surface area (Å²) >= 11 is 13.3. The highest BCUT2D eigenvalue weighted by atomic mass is 35.5. The summed E-state index contributed by atoms with van der Waals surface area (Å²) in [5.74, 6) is 1.91. The van der Waals surface area contributed by atoms with Gasteiger partial charge < -0.3 is 19.0 Å². The molecule has 0 aliphatic carbocycles. The van der Waals surface area contributed by atoms with Crippen LogP contribution in [0.25, 0.3) is 0 Å². The van der Waals surface area contributed by atoms with E-state index in [4.69, 9.17) is 32.4 Å². The van der Waals surface area contributed by atoms with Gasteiger partial charge in [0.15, 0.2) is 17.1 Å². The number of nitrogens with zero attached hydrogens (tertiary/aromatic N) is 3. The Kier molecular flexibility index (Phi) is 6.88. The molecule has 148 valence electrons. The first-order chi connectivity index (χ1) is 13.4. The SMILES string of the molecule is CC(Oc1ccc(Cl)cc1Cl)c1nnc(SCC(=O)NCc2ccco2)n1C. The van der Waals surface area contributed by atoms with Crippen molar-refractivity contribution in [3.63, 3.8) is 0 Å². The molecular formula is C18H18Cl2N4O3S. The number of nitrogens with one attached hydrogen (secondary N) is 1. The fourth-order valence-electron chi connectivity index (χ4n) is 2.40. The molecule has 0 aliphatic rings. The molecule has 0 fully saturated rings. The largest absolute Gasteiger partial charge is 0.481 e. The second kappa shape index (κ2) is 9.36. The fourth-order valence-corrected chi connectivity index (χ4v) is 3.60. The first-order valence-electron chi connectivity index (χ1n) is 8.37. The Bertz CT molecular complexity index is 946. The summed E-state index contributed by atoms with van der Waals surface area (Å²) in [6.45, 7) is 2.20. The maximum atomic E-state index is 12.0. The number of furan rings is 1. The van der Waals surface area contributed by atoms with Gasteiger partial charge in [0.05, 0.1) is 23.6 Å². The van der Waals surface area contributed by atoms with Crippen LogP contribution in [0.1, 0.15) is 24.6 Å². The highest BCUT2D eigenvalue weighted by Crippen LogP contribution is 2.31. The molecule has 1 amide bonds. The molecule has 3 rings (SSSR count). The number of amides is 1. The van der Waals surface area contributed by atoms with Crippen molar-refractivity contribution in [2.75, 3.05) is 5.75 Å². The number of rotatable bonds is 8. The molecule has 0 aliphatic heterocycles. The Morgan fingerprint density at radius 1 is 1.36 bits per heavy atom. The molecule has 0 bridgehead atoms. The third-order valence-corrected chi connectivity index (χ3v) is 5.35. The van der Waals surface area contributed by atoms with Gasteiger partial charge >= 0.3 is 0 Å². The standard InChI is InChI=1S/C18H18Cl2N4O3S/c1-11(27-15-6-5-12(19)8-14(15)20)17-22-23-18(24(17)2)28-10-16(25)21-9-13-4-3-7-26-13/h3-8,11H,9-10H2,1-2H3,(H,21,25). The number of hydrogen-bond acceptors (Lipinski definition) is 6. The molecule has 0 saturated heterocycles. The monoisotopic (exact) mass is 440 g/mol. The van der Waals surface area contributed by atoms with Crippen LogP contribution in [-0.4, -0.2) is 26.4 Å². The van der Waals surface area contributed by atoms with Crippen LogP contribution in [0.3, 0.4) is 0 Å². The van der Waals surface area contributed by atoms with Crippen molar-refractivity contribution in [3.05, 3.63) is 58.2 Å². The van der Waals surface area contributed by atoms with Crippen LogP contribution in [-0.2, 0) is 18.4 Å². The van der Waals surface area contributed by atoms with Gasteiger partial charge in [-0.05, 0) is 37.3 Å². The van der Waals surface area contributed by atoms with Crippen LogP contribution in [0, 0.1) is 0 Å². The number of hydrogen-bond donors (Lipinski definition) is 1. The molecule has 0 spiro atoms. The Morgan fingerprint density at radius 3 is 2.89 bits per heavy atom. The Hall–Kier alpha value is -2.16. The van der Waals surface area contributed by atoms with Crippen molar-refractivity contribution < 1.29 is 13.9 Å². The van der Waals surface area contributed by atoms with E-state index < -0.39 is 6.10 Å². The zero-order valence-corrected chi connectivity index (χ0v) is 17.5. The first kappa shape index (κ1) is 20.6. The third-order valence-electron chi connectivity index (χ3n) is 3.80. The van der Waals surface area contributed by atoms with Crippen molar-refractivity contribution >= 4 is 40.9 Å². The van der Waals surface area contributed by atoms with Crippen LogP contribution in [0.15, 0.2) is 46.2 Å². The average molecular weight is 441 g/mol. The zero-order chi connectivity index (χ0) is 20.1. The van der Waals surface area contributed by atoms with Crippen molar-refractivity contribution in [2.45, 2.75) is 24.7 Å². The number of ether oxygens (including phenoxy) is 1. The number of carbonyl (C=O) groups excluding carboxylic acids is 1. The lowest BCUT2D eigenvalue weighted by molar-refractivity contribution is -0.118. The van der Waals surface area contributed by atoms with Gasteiger partial charge in [0.1, 0.15) is 11.5 Å². The van der Waals surface area contributed by atoms with E-state index in [2.05, 4.69) is 15.5 Å². The minimum Gasteiger partial charge on any atom is -0.481 e. The minimum absolute atomic E-state index is 0.122. The zero-order valence-electron chi connectivity index (χ0n) is 15.2. The molecule has 1 atom stereocenters. The Balaban J connectivity index is 1.56. The van der Waals surface area contributed by atoms with E-state index in [-0.39, 0.29) is 11.7 Å². The molecule has 3 aromatic rings. The topological polar surface area (TPSA) is 82.2 Å². The number of thioether (sulfide) groups is 1. The first-order valence-corrected chi connectivity index (χ1v) is 10.1. The van der Waals surface area contributed by atoms with Crippen LogP contribution in [0.4, 0.5) is 0 Å². The summed E-state index contributed by atoms with van der Waals surface area (Å²) in [6, 6.07) is 8.60. The molecule has 2 heterocycles. The maximum Gasteiger partial charge on any atom is 0.230 e. The van der Waals surface area contributed by atoms with Gasteiger partial charge in [-0.1, -0.05) is 35.0 Å². The predicted molar refractivity (Wildman–Crippen MR) is 108 cm³/mol. The molecule has 28 heavy (non-hydrogen) atoms. The van der Waals surface area contributed by atoms with Gasteiger partial charge in [-0.3, -0.25) is 4.79 Å². The summed E-state index contributed by atoms with van der Waals surface area (Å²) in [6.07, 6.45) is 1.18. The van der Waals surface area contributed by atoms with Gasteiger partial charge in [0.25, 0.3) is 0 Å². The second-order valence-electron chi connectivity index (χ2n) is 5.88. The fraction of sp³-hybridized carbons (Fsp3) is 0.278. The summed E-state index contributed by atoms with van der Waals surface area (Å²) in [4.78, 5) is 12.0. The summed E-state index contributed by atoms with van der Waals surface area (Å²) in [7, 11) is 1.82. The van der Waals surface area contributed by atoms with Gasteiger partial charge in [-0.25, -0.2) is 0 Å². The molecule has 1 unspecified atom stereocenters. The Labute approximate surface area is 176 Å². The van der Waals surface area contributed by atoms with E-state index in [1.165, 1.54) is 11.8 Å². The van der Waals surface area contributed by atoms with Crippen LogP contribution >= 0.6 is 35.0 Å². The quantitative estimate of drug-likeness (QED) is 0.526. The summed E-state index contributed by atoms with van der Waals surface area (Å²) in [5.41, 5.74) is 0. The highest BCUT2D eigenvalue weighted by Gasteiger charge is 2.19. The van der Waals surface area contributed by atoms with Crippen LogP contribution < -0.4 is 10.1 Å². The van der Waals surface area contributed by atoms with E-state index in [9.17, 15) is 4.79 Å². The summed E-state index contributed by atoms with van der Waals surface area (Å²) in [5, 5.41) is 12.7. The highest BCUT2D eigenvalue weighted by molar-refractivity contribution is 7.99. The summed E-state index contributed by atoms with van der Waals surface area (Å²) < 4.78 is 12.8. The van der Waals surface area contributed by atoms with Crippen molar-refractivity contribution in [1.82, 2.24) is 20.1 Å². The van der Waals surface area contributed by atoms with Crippen molar-refractivity contribution in [3.8, 4) is 5.75 Å². The van der Waals surface area contributed by atoms with Crippen molar-refractivity contribution in [1.29, 1.82) is 0 Å². The van der Waals surface area contributed by atoms with E-state index in [0.717, 1.165) is 0 Å². The lowest BCUT2D eigenvalue weighted by Crippen LogP contribution is -2.24. The van der Waals surface area contributed by atoms with Crippen molar-refractivity contribution in [2.24, 2.45) is 7.05 Å². The number of halogens is 2. The smallest absolute Gasteiger partial charge is 0.230 e. The van der Waals surface area contributed by atoms with Crippen LogP contribution in [0.5, 0.6) is 5.75 Å². The maximum absolute atomic E-state index is 12.0. The molecule has 7 nitrogen and oxygen atoms in total. The second-order valence-corrected chi connectivity index (χ2v) is 7.67. The lowest BCUT2D eigenvalue weighted by Gasteiger charge is -2.15. The number of benzene rings is 1. The average Bonchev–Trinajstić information content (AvgIpc) is 3.30. The number of carbonyl (C=O) groups is 1. The predicted octanol–water partition coefficient (Wildman–Crippen LogP) is 4.26. The van der Waals surface area contributed by atoms with Crippen LogP contribution in [0.2, 0.25) is 10.0 Å². The lowest BCUT2D eigenvalue weighted by atomic mass is 10.3. The molecular weight excluding hydrogens is 423 g/mol. The molecule has 10 heteroatoms. The third kappa shape index (κ3) is 5.21. The number of aromatic nitrogens is 3. The Morgan fingerprint density at radius 2 is 2.18 bits per heavy atom. The van der Waals surface area contributed by atoms with E-state index >= 15 is 0 Å². The van der Waals surface area contributed by atoms with Gasteiger partial charge in [-0.2, -0.15) is 0 Å². The molecule has 2 aromatic heterocycles. The molecule has 0 saturated carbocycles. The van der Waals surface area contributed by atoms with E-state index in [1.807, 2.05) is 14.0 Å². The van der Waals surface area contributed by atoms with Gasteiger partial charge in [-0.15, -0.1) is 10.2 Å². The molecule has 0 radical (unpaired) electrons. The van der Waals surface area contributed by atoms with E-state index in [1.54, 1.807) is 41.2 Å².